The normalized spacial score (nSPS) is 19.5. The van der Waals surface area contributed by atoms with Crippen LogP contribution >= 0.6 is 11.8 Å². The highest BCUT2D eigenvalue weighted by molar-refractivity contribution is 7.99. The summed E-state index contributed by atoms with van der Waals surface area (Å²) in [6.07, 6.45) is 1.29. The Morgan fingerprint density at radius 1 is 1.37 bits per heavy atom. The topological polar surface area (TPSA) is 75.9 Å². The summed E-state index contributed by atoms with van der Waals surface area (Å²) in [7, 11) is 0. The SMILES string of the molecule is CC(C)(C)c1nc(NN)cc(NCC2CCSC2)n1. The van der Waals surface area contributed by atoms with Crippen LogP contribution < -0.4 is 16.6 Å². The van der Waals surface area contributed by atoms with Gasteiger partial charge in [0.05, 0.1) is 0 Å². The van der Waals surface area contributed by atoms with Crippen LogP contribution in [0.2, 0.25) is 0 Å². The van der Waals surface area contributed by atoms with Gasteiger partial charge in [-0.15, -0.1) is 0 Å². The molecule has 2 rings (SSSR count). The van der Waals surface area contributed by atoms with Crippen molar-refractivity contribution in [2.24, 2.45) is 11.8 Å². The van der Waals surface area contributed by atoms with Crippen molar-refractivity contribution in [1.82, 2.24) is 9.97 Å². The lowest BCUT2D eigenvalue weighted by molar-refractivity contribution is 0.546. The number of hydrazine groups is 1. The first kappa shape index (κ1) is 14.4. The largest absolute Gasteiger partial charge is 0.370 e. The third kappa shape index (κ3) is 3.98. The molecule has 1 aliphatic heterocycles. The van der Waals surface area contributed by atoms with Crippen molar-refractivity contribution in [1.29, 1.82) is 0 Å². The van der Waals surface area contributed by atoms with Crippen LogP contribution in [0.3, 0.4) is 0 Å². The molecule has 4 N–H and O–H groups in total. The lowest BCUT2D eigenvalue weighted by Gasteiger charge is -2.19. The number of aromatic nitrogens is 2. The van der Waals surface area contributed by atoms with Gasteiger partial charge in [-0.3, -0.25) is 0 Å². The molecule has 1 aromatic heterocycles. The van der Waals surface area contributed by atoms with Crippen molar-refractivity contribution in [3.63, 3.8) is 0 Å². The molecule has 1 atom stereocenters. The molecule has 1 fully saturated rings. The molecule has 1 saturated heterocycles. The van der Waals surface area contributed by atoms with Crippen molar-refractivity contribution in [2.75, 3.05) is 28.8 Å². The van der Waals surface area contributed by atoms with Crippen molar-refractivity contribution < 1.29 is 0 Å². The number of hydrogen-bond acceptors (Lipinski definition) is 6. The molecule has 0 radical (unpaired) electrons. The molecule has 0 aromatic carbocycles. The van der Waals surface area contributed by atoms with E-state index in [4.69, 9.17) is 5.84 Å². The van der Waals surface area contributed by atoms with E-state index in [-0.39, 0.29) is 5.41 Å². The second kappa shape index (κ2) is 5.96. The first-order valence-electron chi connectivity index (χ1n) is 6.67. The van der Waals surface area contributed by atoms with Crippen molar-refractivity contribution >= 4 is 23.4 Å². The summed E-state index contributed by atoms with van der Waals surface area (Å²) in [5, 5.41) is 3.41. The number of nitrogen functional groups attached to an aromatic ring is 1. The highest BCUT2D eigenvalue weighted by Crippen LogP contribution is 2.25. The Labute approximate surface area is 119 Å². The van der Waals surface area contributed by atoms with E-state index in [0.717, 1.165) is 24.1 Å². The molecule has 6 heteroatoms. The molecule has 0 bridgehead atoms. The summed E-state index contributed by atoms with van der Waals surface area (Å²) >= 11 is 2.03. The second-order valence-corrected chi connectivity index (χ2v) is 7.12. The average Bonchev–Trinajstić information content (AvgIpc) is 2.88. The van der Waals surface area contributed by atoms with Crippen molar-refractivity contribution in [2.45, 2.75) is 32.6 Å². The number of rotatable bonds is 4. The van der Waals surface area contributed by atoms with E-state index in [1.807, 2.05) is 17.8 Å². The molecule has 1 unspecified atom stereocenters. The fraction of sp³-hybridized carbons (Fsp3) is 0.692. The minimum Gasteiger partial charge on any atom is -0.370 e. The first-order valence-corrected chi connectivity index (χ1v) is 7.82. The fourth-order valence-electron chi connectivity index (χ4n) is 1.94. The number of anilines is 2. The van der Waals surface area contributed by atoms with Crippen LogP contribution in [0.5, 0.6) is 0 Å². The van der Waals surface area contributed by atoms with Gasteiger partial charge < -0.3 is 10.7 Å². The molecule has 0 saturated carbocycles. The Hall–Kier alpha value is -1.01. The molecule has 2 heterocycles. The maximum absolute atomic E-state index is 5.48. The molecule has 1 aliphatic rings. The summed E-state index contributed by atoms with van der Waals surface area (Å²) in [6, 6.07) is 1.86. The third-order valence-corrected chi connectivity index (χ3v) is 4.37. The Bertz CT molecular complexity index is 424. The van der Waals surface area contributed by atoms with E-state index >= 15 is 0 Å². The van der Waals surface area contributed by atoms with Crippen molar-refractivity contribution in [3.8, 4) is 0 Å². The predicted octanol–water partition coefficient (Wildman–Crippen LogP) is 2.22. The van der Waals surface area contributed by atoms with E-state index in [9.17, 15) is 0 Å². The van der Waals surface area contributed by atoms with E-state index in [2.05, 4.69) is 41.5 Å². The molecule has 0 amide bonds. The van der Waals surface area contributed by atoms with Gasteiger partial charge in [0.2, 0.25) is 0 Å². The standard InChI is InChI=1S/C13H23N5S/c1-13(2,3)12-16-10(6-11(17-12)18-14)15-7-9-4-5-19-8-9/h6,9H,4-5,7-8,14H2,1-3H3,(H2,15,16,17,18). The van der Waals surface area contributed by atoms with Gasteiger partial charge in [0.25, 0.3) is 0 Å². The highest BCUT2D eigenvalue weighted by Gasteiger charge is 2.20. The summed E-state index contributed by atoms with van der Waals surface area (Å²) in [5.74, 6) is 11.0. The quantitative estimate of drug-likeness (QED) is 0.580. The van der Waals surface area contributed by atoms with Gasteiger partial charge in [0, 0.05) is 18.0 Å². The minimum atomic E-state index is -0.0908. The molecule has 0 aliphatic carbocycles. The molecular formula is C13H23N5S. The van der Waals surface area contributed by atoms with Crippen LogP contribution in [0.15, 0.2) is 6.07 Å². The third-order valence-electron chi connectivity index (χ3n) is 3.14. The van der Waals surface area contributed by atoms with Gasteiger partial charge in [-0.05, 0) is 23.8 Å². The number of nitrogens with zero attached hydrogens (tertiary/aromatic N) is 2. The molecule has 1 aromatic rings. The smallest absolute Gasteiger partial charge is 0.145 e. The van der Waals surface area contributed by atoms with E-state index in [1.54, 1.807) is 0 Å². The van der Waals surface area contributed by atoms with Gasteiger partial charge in [-0.2, -0.15) is 11.8 Å². The lowest BCUT2D eigenvalue weighted by Crippen LogP contribution is -2.21. The van der Waals surface area contributed by atoms with Crippen molar-refractivity contribution in [3.05, 3.63) is 11.9 Å². The van der Waals surface area contributed by atoms with E-state index in [1.165, 1.54) is 17.9 Å². The molecule has 0 spiro atoms. The molecule has 106 valence electrons. The number of thioether (sulfide) groups is 1. The maximum Gasteiger partial charge on any atom is 0.145 e. The Morgan fingerprint density at radius 3 is 2.68 bits per heavy atom. The minimum absolute atomic E-state index is 0.0908. The number of nitrogens with two attached hydrogens (primary N) is 1. The van der Waals surface area contributed by atoms with Crippen LogP contribution in [-0.4, -0.2) is 28.0 Å². The number of nitrogens with one attached hydrogen (secondary N) is 2. The predicted molar refractivity (Wildman–Crippen MR) is 82.5 cm³/mol. The van der Waals surface area contributed by atoms with E-state index < -0.39 is 0 Å². The first-order chi connectivity index (χ1) is 8.99. The molecular weight excluding hydrogens is 258 g/mol. The van der Waals surface area contributed by atoms with Crippen LogP contribution in [0, 0.1) is 5.92 Å². The zero-order chi connectivity index (χ0) is 13.9. The highest BCUT2D eigenvalue weighted by atomic mass is 32.2. The zero-order valence-electron chi connectivity index (χ0n) is 11.9. The van der Waals surface area contributed by atoms with Crippen LogP contribution in [0.4, 0.5) is 11.6 Å². The van der Waals surface area contributed by atoms with Crippen LogP contribution in [0.1, 0.15) is 33.0 Å². The Balaban J connectivity index is 2.10. The van der Waals surface area contributed by atoms with Gasteiger partial charge in [0.1, 0.15) is 17.5 Å². The molecule has 5 nitrogen and oxygen atoms in total. The second-order valence-electron chi connectivity index (χ2n) is 5.97. The fourth-order valence-corrected chi connectivity index (χ4v) is 3.22. The maximum atomic E-state index is 5.48. The average molecular weight is 281 g/mol. The Morgan fingerprint density at radius 2 is 2.11 bits per heavy atom. The monoisotopic (exact) mass is 281 g/mol. The summed E-state index contributed by atoms with van der Waals surface area (Å²) < 4.78 is 0. The lowest BCUT2D eigenvalue weighted by atomic mass is 9.96. The summed E-state index contributed by atoms with van der Waals surface area (Å²) in [4.78, 5) is 9.00. The van der Waals surface area contributed by atoms with Gasteiger partial charge >= 0.3 is 0 Å². The van der Waals surface area contributed by atoms with E-state index in [0.29, 0.717) is 5.82 Å². The summed E-state index contributed by atoms with van der Waals surface area (Å²) in [6.45, 7) is 7.26. The van der Waals surface area contributed by atoms with Gasteiger partial charge in [0.15, 0.2) is 0 Å². The van der Waals surface area contributed by atoms with Gasteiger partial charge in [-0.25, -0.2) is 15.8 Å². The van der Waals surface area contributed by atoms with Crippen LogP contribution in [-0.2, 0) is 5.41 Å². The van der Waals surface area contributed by atoms with Gasteiger partial charge in [-0.1, -0.05) is 20.8 Å². The van der Waals surface area contributed by atoms with Crippen LogP contribution in [0.25, 0.3) is 0 Å². The molecule has 19 heavy (non-hydrogen) atoms. The Kier molecular flexibility index (Phi) is 4.52. The summed E-state index contributed by atoms with van der Waals surface area (Å²) in [5.41, 5.74) is 2.52. The number of hydrogen-bond donors (Lipinski definition) is 3. The zero-order valence-corrected chi connectivity index (χ0v) is 12.7.